The molecule has 0 bridgehead atoms. The van der Waals surface area contributed by atoms with Crippen LogP contribution in [0.2, 0.25) is 0 Å². The van der Waals surface area contributed by atoms with Crippen molar-refractivity contribution in [2.75, 3.05) is 14.2 Å². The molecular formula is C19H15F3N2O5. The van der Waals surface area contributed by atoms with Crippen molar-refractivity contribution in [2.45, 2.75) is 12.8 Å². The number of esters is 1. The Balaban J connectivity index is 1.69. The number of hydrogen-bond donors (Lipinski definition) is 0. The summed E-state index contributed by atoms with van der Waals surface area (Å²) >= 11 is 0. The second-order valence-corrected chi connectivity index (χ2v) is 5.74. The minimum atomic E-state index is -4.56. The van der Waals surface area contributed by atoms with Crippen molar-refractivity contribution in [3.63, 3.8) is 0 Å². The molecule has 0 aliphatic rings. The van der Waals surface area contributed by atoms with E-state index in [1.54, 1.807) is 18.2 Å². The lowest BCUT2D eigenvalue weighted by Crippen LogP contribution is -2.09. The van der Waals surface area contributed by atoms with Crippen LogP contribution in [0.25, 0.3) is 11.4 Å². The van der Waals surface area contributed by atoms with Crippen LogP contribution in [0.5, 0.6) is 11.5 Å². The molecule has 0 amide bonds. The quantitative estimate of drug-likeness (QED) is 0.567. The Morgan fingerprint density at radius 2 is 1.83 bits per heavy atom. The fourth-order valence-corrected chi connectivity index (χ4v) is 2.44. The van der Waals surface area contributed by atoms with Crippen molar-refractivity contribution in [1.82, 2.24) is 10.1 Å². The van der Waals surface area contributed by atoms with Gasteiger partial charge in [0.15, 0.2) is 18.1 Å². The molecule has 0 fully saturated rings. The van der Waals surface area contributed by atoms with Gasteiger partial charge in [0.2, 0.25) is 5.82 Å². The molecule has 3 rings (SSSR count). The summed E-state index contributed by atoms with van der Waals surface area (Å²) in [5, 5.41) is 3.79. The molecule has 152 valence electrons. The van der Waals surface area contributed by atoms with Crippen LogP contribution in [0.15, 0.2) is 47.0 Å². The highest BCUT2D eigenvalue weighted by Gasteiger charge is 2.31. The lowest BCUT2D eigenvalue weighted by molar-refractivity contribution is -0.137. The first-order chi connectivity index (χ1) is 13.8. The minimum absolute atomic E-state index is 0.0184. The molecule has 2 aromatic carbocycles. The van der Waals surface area contributed by atoms with Crippen molar-refractivity contribution in [3.05, 3.63) is 59.5 Å². The Kier molecular flexibility index (Phi) is 5.71. The maximum Gasteiger partial charge on any atom is 0.416 e. The van der Waals surface area contributed by atoms with Crippen LogP contribution in [-0.2, 0) is 17.5 Å². The Morgan fingerprint density at radius 3 is 2.52 bits per heavy atom. The molecule has 3 aromatic rings. The first-order valence-corrected chi connectivity index (χ1v) is 8.21. The van der Waals surface area contributed by atoms with Gasteiger partial charge in [0.05, 0.1) is 25.3 Å². The number of carbonyl (C=O) groups is 1. The molecule has 0 saturated carbocycles. The van der Waals surface area contributed by atoms with E-state index >= 15 is 0 Å². The third-order valence-corrected chi connectivity index (χ3v) is 3.86. The van der Waals surface area contributed by atoms with Gasteiger partial charge >= 0.3 is 12.1 Å². The number of nitrogens with zero attached hydrogens (tertiary/aromatic N) is 2. The molecule has 0 unspecified atom stereocenters. The highest BCUT2D eigenvalue weighted by atomic mass is 19.4. The molecule has 0 aliphatic carbocycles. The lowest BCUT2D eigenvalue weighted by atomic mass is 10.1. The lowest BCUT2D eigenvalue weighted by Gasteiger charge is -2.08. The topological polar surface area (TPSA) is 83.7 Å². The predicted octanol–water partition coefficient (Wildman–Crippen LogP) is 4.13. The molecule has 1 heterocycles. The van der Waals surface area contributed by atoms with Crippen molar-refractivity contribution in [1.29, 1.82) is 0 Å². The molecule has 0 N–H and O–H groups in total. The van der Waals surface area contributed by atoms with E-state index in [2.05, 4.69) is 10.1 Å². The van der Waals surface area contributed by atoms with Gasteiger partial charge in [0.25, 0.3) is 5.89 Å². The third-order valence-electron chi connectivity index (χ3n) is 3.86. The number of aromatic nitrogens is 2. The van der Waals surface area contributed by atoms with E-state index in [0.717, 1.165) is 12.1 Å². The molecule has 0 saturated heterocycles. The van der Waals surface area contributed by atoms with E-state index in [0.29, 0.717) is 23.1 Å². The molecule has 7 nitrogen and oxygen atoms in total. The average Bonchev–Trinajstić information content (AvgIpc) is 3.20. The van der Waals surface area contributed by atoms with E-state index in [9.17, 15) is 18.0 Å². The molecular weight excluding hydrogens is 393 g/mol. The third kappa shape index (κ3) is 4.65. The van der Waals surface area contributed by atoms with Crippen molar-refractivity contribution >= 4 is 5.97 Å². The first-order valence-electron chi connectivity index (χ1n) is 8.21. The van der Waals surface area contributed by atoms with E-state index < -0.39 is 24.3 Å². The molecule has 0 spiro atoms. The Bertz CT molecular complexity index is 1020. The van der Waals surface area contributed by atoms with Crippen LogP contribution >= 0.6 is 0 Å². The number of methoxy groups -OCH3 is 2. The van der Waals surface area contributed by atoms with Gasteiger partial charge in [0.1, 0.15) is 0 Å². The number of rotatable bonds is 6. The van der Waals surface area contributed by atoms with Gasteiger partial charge in [-0.1, -0.05) is 11.2 Å². The maximum absolute atomic E-state index is 12.7. The number of halogens is 3. The van der Waals surface area contributed by atoms with Crippen LogP contribution in [0.1, 0.15) is 21.8 Å². The van der Waals surface area contributed by atoms with Gasteiger partial charge in [-0.25, -0.2) is 4.79 Å². The molecule has 0 radical (unpaired) electrons. The van der Waals surface area contributed by atoms with Gasteiger partial charge in [-0.3, -0.25) is 0 Å². The summed E-state index contributed by atoms with van der Waals surface area (Å²) in [4.78, 5) is 16.1. The zero-order chi connectivity index (χ0) is 21.0. The van der Waals surface area contributed by atoms with Gasteiger partial charge < -0.3 is 18.7 Å². The largest absolute Gasteiger partial charge is 0.493 e. The van der Waals surface area contributed by atoms with E-state index in [1.165, 1.54) is 20.3 Å². The maximum atomic E-state index is 12.7. The Hall–Kier alpha value is -3.56. The van der Waals surface area contributed by atoms with Gasteiger partial charge in [-0.2, -0.15) is 18.2 Å². The summed E-state index contributed by atoms with van der Waals surface area (Å²) < 4.78 is 58.6. The summed E-state index contributed by atoms with van der Waals surface area (Å²) in [6.45, 7) is -0.393. The summed E-state index contributed by atoms with van der Waals surface area (Å²) in [5.41, 5.74) is -0.609. The summed E-state index contributed by atoms with van der Waals surface area (Å²) in [6.07, 6.45) is -4.56. The summed E-state index contributed by atoms with van der Waals surface area (Å²) in [7, 11) is 2.99. The van der Waals surface area contributed by atoms with Crippen LogP contribution < -0.4 is 9.47 Å². The van der Waals surface area contributed by atoms with Crippen LogP contribution in [0.4, 0.5) is 13.2 Å². The number of benzene rings is 2. The number of ether oxygens (including phenoxy) is 3. The summed E-state index contributed by atoms with van der Waals surface area (Å²) in [5.74, 6) is 0.246. The molecule has 29 heavy (non-hydrogen) atoms. The normalized spacial score (nSPS) is 11.2. The fourth-order valence-electron chi connectivity index (χ4n) is 2.44. The molecule has 0 atom stereocenters. The Labute approximate surface area is 163 Å². The van der Waals surface area contributed by atoms with Gasteiger partial charge in [0, 0.05) is 5.56 Å². The highest BCUT2D eigenvalue weighted by Crippen LogP contribution is 2.31. The minimum Gasteiger partial charge on any atom is -0.493 e. The zero-order valence-electron chi connectivity index (χ0n) is 15.3. The number of alkyl halides is 3. The SMILES string of the molecule is COc1ccc(-c2noc(COC(=O)c3cccc(C(F)(F)F)c3)n2)cc1OC. The molecule has 10 heteroatoms. The predicted molar refractivity (Wildman–Crippen MR) is 93.4 cm³/mol. The van der Waals surface area contributed by atoms with E-state index in [4.69, 9.17) is 18.7 Å². The van der Waals surface area contributed by atoms with Crippen LogP contribution in [0, 0.1) is 0 Å². The van der Waals surface area contributed by atoms with Gasteiger partial charge in [-0.05, 0) is 36.4 Å². The number of hydrogen-bond acceptors (Lipinski definition) is 7. The average molecular weight is 408 g/mol. The van der Waals surface area contributed by atoms with Crippen molar-refractivity contribution in [3.8, 4) is 22.9 Å². The smallest absolute Gasteiger partial charge is 0.416 e. The highest BCUT2D eigenvalue weighted by molar-refractivity contribution is 5.89. The molecule has 0 aliphatic heterocycles. The monoisotopic (exact) mass is 408 g/mol. The second kappa shape index (κ2) is 8.21. The van der Waals surface area contributed by atoms with Crippen molar-refractivity contribution in [2.24, 2.45) is 0 Å². The van der Waals surface area contributed by atoms with Gasteiger partial charge in [-0.15, -0.1) is 0 Å². The fraction of sp³-hybridized carbons (Fsp3) is 0.211. The standard InChI is InChI=1S/C19H15F3N2O5/c1-26-14-7-6-11(9-15(14)27-2)17-23-16(29-24-17)10-28-18(25)12-4-3-5-13(8-12)19(20,21)22/h3-9H,10H2,1-2H3. The van der Waals surface area contributed by atoms with E-state index in [-0.39, 0.29) is 17.3 Å². The second-order valence-electron chi connectivity index (χ2n) is 5.74. The first kappa shape index (κ1) is 20.2. The van der Waals surface area contributed by atoms with E-state index in [1.807, 2.05) is 0 Å². The number of carbonyl (C=O) groups excluding carboxylic acids is 1. The molecule has 1 aromatic heterocycles. The zero-order valence-corrected chi connectivity index (χ0v) is 15.3. The Morgan fingerprint density at radius 1 is 1.07 bits per heavy atom. The van der Waals surface area contributed by atoms with Crippen LogP contribution in [0.3, 0.4) is 0 Å². The van der Waals surface area contributed by atoms with Crippen LogP contribution in [-0.4, -0.2) is 30.3 Å². The summed E-state index contributed by atoms with van der Waals surface area (Å²) in [6, 6.07) is 8.92. The van der Waals surface area contributed by atoms with Crippen molar-refractivity contribution < 1.29 is 36.7 Å².